The third-order valence-corrected chi connectivity index (χ3v) is 5.52. The van der Waals surface area contributed by atoms with Gasteiger partial charge in [-0.1, -0.05) is 12.1 Å². The lowest BCUT2D eigenvalue weighted by molar-refractivity contribution is -0.137. The Balaban J connectivity index is 1.95. The summed E-state index contributed by atoms with van der Waals surface area (Å²) in [5.74, 6) is -0.248. The molecule has 2 rings (SSSR count). The maximum Gasteiger partial charge on any atom is 0.416 e. The Labute approximate surface area is 159 Å². The zero-order chi connectivity index (χ0) is 20.2. The number of carbonyl (C=O) groups is 1. The molecule has 1 heterocycles. The molecule has 1 aromatic heterocycles. The Morgan fingerprint density at radius 2 is 1.78 bits per heavy atom. The van der Waals surface area contributed by atoms with Gasteiger partial charge in [0.2, 0.25) is 10.0 Å². The van der Waals surface area contributed by atoms with Crippen molar-refractivity contribution in [3.05, 3.63) is 57.3 Å². The van der Waals surface area contributed by atoms with E-state index in [1.54, 1.807) is 19.2 Å². The summed E-state index contributed by atoms with van der Waals surface area (Å²) in [6.45, 7) is 0.425. The van der Waals surface area contributed by atoms with Gasteiger partial charge in [0.05, 0.1) is 16.7 Å². The molecule has 0 radical (unpaired) electrons. The predicted octanol–water partition coefficient (Wildman–Crippen LogP) is 3.13. The van der Waals surface area contributed by atoms with Crippen molar-refractivity contribution in [2.24, 2.45) is 0 Å². The van der Waals surface area contributed by atoms with Gasteiger partial charge < -0.3 is 4.90 Å². The number of thiophene rings is 1. The van der Waals surface area contributed by atoms with Crippen LogP contribution in [0.5, 0.6) is 0 Å². The van der Waals surface area contributed by atoms with Gasteiger partial charge in [-0.15, -0.1) is 11.3 Å². The molecule has 0 aliphatic heterocycles. The fourth-order valence-electron chi connectivity index (χ4n) is 2.32. The van der Waals surface area contributed by atoms with Crippen LogP contribution < -0.4 is 4.72 Å². The fraction of sp³-hybridized carbons (Fsp3) is 0.353. The molecule has 5 nitrogen and oxygen atoms in total. The van der Waals surface area contributed by atoms with Crippen LogP contribution in [0.3, 0.4) is 0 Å². The molecule has 148 valence electrons. The predicted molar refractivity (Wildman–Crippen MR) is 98.1 cm³/mol. The molecule has 0 atom stereocenters. The van der Waals surface area contributed by atoms with Crippen molar-refractivity contribution in [1.29, 1.82) is 0 Å². The molecule has 0 saturated carbocycles. The monoisotopic (exact) mass is 420 g/mol. The van der Waals surface area contributed by atoms with Crippen molar-refractivity contribution >= 4 is 27.3 Å². The van der Waals surface area contributed by atoms with E-state index in [0.29, 0.717) is 16.9 Å². The highest BCUT2D eigenvalue weighted by atomic mass is 32.2. The molecule has 0 fully saturated rings. The van der Waals surface area contributed by atoms with E-state index in [-0.39, 0.29) is 19.0 Å². The summed E-state index contributed by atoms with van der Waals surface area (Å²) in [4.78, 5) is 15.2. The number of rotatable bonds is 7. The summed E-state index contributed by atoms with van der Waals surface area (Å²) >= 11 is 1.26. The van der Waals surface area contributed by atoms with Crippen molar-refractivity contribution in [3.8, 4) is 0 Å². The maximum atomic E-state index is 12.6. The normalized spacial score (nSPS) is 12.2. The SMILES string of the molecule is CN(Cc1ccc(C(F)(F)F)cc1)C(=O)c1ccc(CCNS(C)(=O)=O)s1. The van der Waals surface area contributed by atoms with Crippen molar-refractivity contribution in [3.63, 3.8) is 0 Å². The van der Waals surface area contributed by atoms with Crippen LogP contribution in [-0.4, -0.2) is 39.1 Å². The summed E-state index contributed by atoms with van der Waals surface area (Å²) in [7, 11) is -1.68. The molecular weight excluding hydrogens is 401 g/mol. The van der Waals surface area contributed by atoms with Crippen LogP contribution in [0.4, 0.5) is 13.2 Å². The number of sulfonamides is 1. The van der Waals surface area contributed by atoms with Gasteiger partial charge >= 0.3 is 6.18 Å². The van der Waals surface area contributed by atoms with Crippen molar-refractivity contribution in [1.82, 2.24) is 9.62 Å². The molecule has 0 aliphatic carbocycles. The van der Waals surface area contributed by atoms with Crippen LogP contribution in [0.2, 0.25) is 0 Å². The lowest BCUT2D eigenvalue weighted by Gasteiger charge is -2.17. The van der Waals surface area contributed by atoms with Crippen molar-refractivity contribution in [2.45, 2.75) is 19.1 Å². The lowest BCUT2D eigenvalue weighted by Crippen LogP contribution is -2.25. The van der Waals surface area contributed by atoms with E-state index < -0.39 is 21.8 Å². The smallest absolute Gasteiger partial charge is 0.337 e. The van der Waals surface area contributed by atoms with Crippen LogP contribution in [0.15, 0.2) is 36.4 Å². The minimum absolute atomic E-state index is 0.180. The summed E-state index contributed by atoms with van der Waals surface area (Å²) in [6, 6.07) is 8.10. The number of benzene rings is 1. The summed E-state index contributed by atoms with van der Waals surface area (Å²) in [5.41, 5.74) is -0.140. The molecule has 1 amide bonds. The third-order valence-electron chi connectivity index (χ3n) is 3.66. The average Bonchev–Trinajstić information content (AvgIpc) is 3.01. The van der Waals surface area contributed by atoms with Gasteiger partial charge in [-0.3, -0.25) is 4.79 Å². The summed E-state index contributed by atoms with van der Waals surface area (Å²) in [6.07, 6.45) is -2.85. The topological polar surface area (TPSA) is 66.5 Å². The lowest BCUT2D eigenvalue weighted by atomic mass is 10.1. The number of hydrogen-bond acceptors (Lipinski definition) is 4. The first-order valence-electron chi connectivity index (χ1n) is 7.90. The standard InChI is InChI=1S/C17H19F3N2O3S2/c1-22(11-12-3-5-13(6-4-12)17(18,19)20)16(23)15-8-7-14(26-15)9-10-21-27(2,24)25/h3-8,21H,9-11H2,1-2H3. The molecular formula is C17H19F3N2O3S2. The Morgan fingerprint density at radius 1 is 1.15 bits per heavy atom. The second kappa shape index (κ2) is 8.41. The van der Waals surface area contributed by atoms with E-state index in [9.17, 15) is 26.4 Å². The Bertz CT molecular complexity index is 891. The molecule has 2 aromatic rings. The molecule has 0 unspecified atom stereocenters. The zero-order valence-electron chi connectivity index (χ0n) is 14.7. The van der Waals surface area contributed by atoms with Crippen molar-refractivity contribution < 1.29 is 26.4 Å². The Morgan fingerprint density at radius 3 is 2.33 bits per heavy atom. The molecule has 27 heavy (non-hydrogen) atoms. The molecule has 1 aromatic carbocycles. The van der Waals surface area contributed by atoms with Crippen LogP contribution in [0.1, 0.15) is 25.7 Å². The Hall–Kier alpha value is -1.91. The fourth-order valence-corrected chi connectivity index (χ4v) is 3.79. The Kier molecular flexibility index (Phi) is 6.66. The second-order valence-electron chi connectivity index (χ2n) is 6.04. The third kappa shape index (κ3) is 6.64. The number of nitrogens with zero attached hydrogens (tertiary/aromatic N) is 1. The van der Waals surface area contributed by atoms with Gasteiger partial charge in [0.15, 0.2) is 0 Å². The van der Waals surface area contributed by atoms with E-state index >= 15 is 0 Å². The van der Waals surface area contributed by atoms with Gasteiger partial charge in [-0.05, 0) is 36.2 Å². The van der Waals surface area contributed by atoms with E-state index in [2.05, 4.69) is 4.72 Å². The summed E-state index contributed by atoms with van der Waals surface area (Å²) < 4.78 is 62.2. The highest BCUT2D eigenvalue weighted by molar-refractivity contribution is 7.88. The van der Waals surface area contributed by atoms with Gasteiger partial charge in [0, 0.05) is 25.0 Å². The van der Waals surface area contributed by atoms with Gasteiger partial charge in [-0.25, -0.2) is 13.1 Å². The molecule has 0 aliphatic rings. The average molecular weight is 420 g/mol. The second-order valence-corrected chi connectivity index (χ2v) is 9.04. The van der Waals surface area contributed by atoms with Crippen LogP contribution in [0.25, 0.3) is 0 Å². The van der Waals surface area contributed by atoms with Crippen molar-refractivity contribution in [2.75, 3.05) is 19.8 Å². The zero-order valence-corrected chi connectivity index (χ0v) is 16.3. The molecule has 0 spiro atoms. The maximum absolute atomic E-state index is 12.6. The number of carbonyl (C=O) groups excluding carboxylic acids is 1. The van der Waals surface area contributed by atoms with Crippen LogP contribution in [-0.2, 0) is 29.2 Å². The minimum atomic E-state index is -4.39. The largest absolute Gasteiger partial charge is 0.416 e. The number of hydrogen-bond donors (Lipinski definition) is 1. The molecule has 0 saturated heterocycles. The number of alkyl halides is 3. The molecule has 1 N–H and O–H groups in total. The van der Waals surface area contributed by atoms with Gasteiger partial charge in [0.25, 0.3) is 5.91 Å². The van der Waals surface area contributed by atoms with E-state index in [1.165, 1.54) is 28.4 Å². The summed E-state index contributed by atoms with van der Waals surface area (Å²) in [5, 5.41) is 0. The number of halogens is 3. The first-order chi connectivity index (χ1) is 12.5. The first kappa shape index (κ1) is 21.4. The highest BCUT2D eigenvalue weighted by Gasteiger charge is 2.30. The first-order valence-corrected chi connectivity index (χ1v) is 10.6. The minimum Gasteiger partial charge on any atom is -0.337 e. The van der Waals surface area contributed by atoms with Crippen LogP contribution >= 0.6 is 11.3 Å². The molecule has 0 bridgehead atoms. The van der Waals surface area contributed by atoms with E-state index in [0.717, 1.165) is 23.3 Å². The van der Waals surface area contributed by atoms with Gasteiger partial charge in [-0.2, -0.15) is 13.2 Å². The van der Waals surface area contributed by atoms with Crippen LogP contribution in [0, 0.1) is 0 Å². The van der Waals surface area contributed by atoms with E-state index in [4.69, 9.17) is 0 Å². The quantitative estimate of drug-likeness (QED) is 0.749. The number of nitrogens with one attached hydrogen (secondary N) is 1. The van der Waals surface area contributed by atoms with E-state index in [1.807, 2.05) is 0 Å². The van der Waals surface area contributed by atoms with Gasteiger partial charge in [0.1, 0.15) is 0 Å². The number of amides is 1. The molecule has 10 heteroatoms. The highest BCUT2D eigenvalue weighted by Crippen LogP contribution is 2.29.